The van der Waals surface area contributed by atoms with Crippen molar-refractivity contribution in [3.8, 4) is 0 Å². The molecule has 1 aliphatic carbocycles. The van der Waals surface area contributed by atoms with Gasteiger partial charge in [0, 0.05) is 16.5 Å². The number of carbonyl (C=O) groups is 1. The Hall–Kier alpha value is -0.340. The van der Waals surface area contributed by atoms with Gasteiger partial charge in [-0.25, -0.2) is 0 Å². The lowest BCUT2D eigenvalue weighted by Gasteiger charge is -2.24. The number of halogens is 2. The molecule has 0 amide bonds. The third-order valence-corrected chi connectivity index (χ3v) is 3.75. The molecule has 0 saturated heterocycles. The van der Waals surface area contributed by atoms with Crippen LogP contribution in [0.1, 0.15) is 36.0 Å². The van der Waals surface area contributed by atoms with E-state index >= 15 is 0 Å². The van der Waals surface area contributed by atoms with Crippen molar-refractivity contribution in [3.05, 3.63) is 33.3 Å². The quantitative estimate of drug-likeness (QED) is 0.749. The lowest BCUT2D eigenvalue weighted by molar-refractivity contribution is 0.0936. The average Bonchev–Trinajstić information content (AvgIpc) is 2.15. The first kappa shape index (κ1) is 11.2. The maximum absolute atomic E-state index is 11.9. The van der Waals surface area contributed by atoms with E-state index in [0.717, 1.165) is 4.47 Å². The Morgan fingerprint density at radius 3 is 2.80 bits per heavy atom. The van der Waals surface area contributed by atoms with Crippen LogP contribution in [-0.4, -0.2) is 5.78 Å². The Morgan fingerprint density at radius 2 is 2.20 bits per heavy atom. The van der Waals surface area contributed by atoms with E-state index in [2.05, 4.69) is 15.9 Å². The Bertz CT molecular complexity index is 385. The van der Waals surface area contributed by atoms with Crippen molar-refractivity contribution in [2.24, 2.45) is 5.92 Å². The molecule has 0 unspecified atom stereocenters. The fraction of sp³-hybridized carbons (Fsp3) is 0.417. The minimum Gasteiger partial charge on any atom is -0.294 e. The average molecular weight is 288 g/mol. The molecule has 1 nitrogen and oxygen atoms in total. The van der Waals surface area contributed by atoms with Gasteiger partial charge in [-0.3, -0.25) is 4.79 Å². The summed E-state index contributed by atoms with van der Waals surface area (Å²) in [6.45, 7) is 0. The van der Waals surface area contributed by atoms with Gasteiger partial charge in [-0.05, 0) is 24.1 Å². The molecule has 1 saturated carbocycles. The summed E-state index contributed by atoms with van der Waals surface area (Å²) in [5.41, 5.74) is 0.651. The van der Waals surface area contributed by atoms with Gasteiger partial charge >= 0.3 is 0 Å². The Balaban J connectivity index is 2.12. The number of benzene rings is 1. The summed E-state index contributed by atoms with van der Waals surface area (Å²) in [6, 6.07) is 5.42. The second-order valence-corrected chi connectivity index (χ2v) is 5.37. The summed E-state index contributed by atoms with van der Waals surface area (Å²) < 4.78 is 0.906. The summed E-state index contributed by atoms with van der Waals surface area (Å²) in [7, 11) is 0. The first-order valence-electron chi connectivity index (χ1n) is 5.15. The van der Waals surface area contributed by atoms with Gasteiger partial charge in [0.2, 0.25) is 0 Å². The lowest BCUT2D eigenvalue weighted by Crippen LogP contribution is -2.16. The van der Waals surface area contributed by atoms with Crippen molar-refractivity contribution in [3.63, 3.8) is 0 Å². The number of carbonyl (C=O) groups excluding carboxylic acids is 1. The topological polar surface area (TPSA) is 17.1 Å². The minimum absolute atomic E-state index is 0.172. The van der Waals surface area contributed by atoms with Crippen molar-refractivity contribution in [2.75, 3.05) is 0 Å². The molecular weight excluding hydrogens is 275 g/mol. The van der Waals surface area contributed by atoms with Crippen LogP contribution in [0.15, 0.2) is 22.7 Å². The molecule has 1 aromatic rings. The van der Waals surface area contributed by atoms with E-state index in [-0.39, 0.29) is 5.78 Å². The standard InChI is InChI=1S/C12H12BrClO/c13-9-4-5-11(14)10(7-9)12(15)6-8-2-1-3-8/h4-5,7-8H,1-3,6H2. The highest BCUT2D eigenvalue weighted by atomic mass is 79.9. The number of hydrogen-bond donors (Lipinski definition) is 0. The molecule has 1 aromatic carbocycles. The summed E-state index contributed by atoms with van der Waals surface area (Å²) in [5.74, 6) is 0.763. The normalized spacial score (nSPS) is 16.1. The fourth-order valence-electron chi connectivity index (χ4n) is 1.78. The van der Waals surface area contributed by atoms with E-state index < -0.39 is 0 Å². The summed E-state index contributed by atoms with van der Waals surface area (Å²) in [4.78, 5) is 11.9. The fourth-order valence-corrected chi connectivity index (χ4v) is 2.36. The third kappa shape index (κ3) is 2.61. The third-order valence-electron chi connectivity index (χ3n) is 2.93. The molecule has 0 N–H and O–H groups in total. The van der Waals surface area contributed by atoms with Crippen LogP contribution in [0.25, 0.3) is 0 Å². The molecule has 80 valence electrons. The van der Waals surface area contributed by atoms with Crippen LogP contribution in [0, 0.1) is 5.92 Å². The Morgan fingerprint density at radius 1 is 1.47 bits per heavy atom. The molecule has 1 aliphatic rings. The summed E-state index contributed by atoms with van der Waals surface area (Å²) in [5, 5.41) is 0.558. The minimum atomic E-state index is 0.172. The molecule has 0 radical (unpaired) electrons. The number of ketones is 1. The molecule has 0 atom stereocenters. The zero-order valence-corrected chi connectivity index (χ0v) is 10.6. The molecule has 3 heteroatoms. The van der Waals surface area contributed by atoms with Crippen LogP contribution in [0.3, 0.4) is 0 Å². The highest BCUT2D eigenvalue weighted by Crippen LogP contribution is 2.32. The first-order valence-corrected chi connectivity index (χ1v) is 6.32. The number of rotatable bonds is 3. The SMILES string of the molecule is O=C(CC1CCC1)c1cc(Br)ccc1Cl. The van der Waals surface area contributed by atoms with Crippen LogP contribution in [-0.2, 0) is 0 Å². The lowest BCUT2D eigenvalue weighted by atomic mass is 9.81. The van der Waals surface area contributed by atoms with Gasteiger partial charge in [-0.15, -0.1) is 0 Å². The van der Waals surface area contributed by atoms with E-state index in [1.807, 2.05) is 12.1 Å². The molecule has 1 fully saturated rings. The summed E-state index contributed by atoms with van der Waals surface area (Å²) >= 11 is 9.35. The molecular formula is C12H12BrClO. The van der Waals surface area contributed by atoms with Gasteiger partial charge in [0.25, 0.3) is 0 Å². The Kier molecular flexibility index (Phi) is 3.47. The van der Waals surface area contributed by atoms with Gasteiger partial charge < -0.3 is 0 Å². The zero-order valence-electron chi connectivity index (χ0n) is 8.30. The van der Waals surface area contributed by atoms with Crippen molar-refractivity contribution in [2.45, 2.75) is 25.7 Å². The van der Waals surface area contributed by atoms with Crippen LogP contribution >= 0.6 is 27.5 Å². The molecule has 15 heavy (non-hydrogen) atoms. The molecule has 0 aromatic heterocycles. The molecule has 0 aliphatic heterocycles. The second-order valence-electron chi connectivity index (χ2n) is 4.05. The predicted molar refractivity (Wildman–Crippen MR) is 65.4 cm³/mol. The molecule has 2 rings (SSSR count). The largest absolute Gasteiger partial charge is 0.294 e. The van der Waals surface area contributed by atoms with Crippen molar-refractivity contribution in [1.82, 2.24) is 0 Å². The zero-order chi connectivity index (χ0) is 10.8. The smallest absolute Gasteiger partial charge is 0.164 e. The van der Waals surface area contributed by atoms with E-state index in [1.54, 1.807) is 6.07 Å². The van der Waals surface area contributed by atoms with Gasteiger partial charge in [0.1, 0.15) is 0 Å². The van der Waals surface area contributed by atoms with E-state index in [4.69, 9.17) is 11.6 Å². The monoisotopic (exact) mass is 286 g/mol. The van der Waals surface area contributed by atoms with Crippen LogP contribution in [0.4, 0.5) is 0 Å². The first-order chi connectivity index (χ1) is 7.16. The highest BCUT2D eigenvalue weighted by Gasteiger charge is 2.22. The van der Waals surface area contributed by atoms with Crippen molar-refractivity contribution < 1.29 is 4.79 Å². The predicted octanol–water partition coefficient (Wildman–Crippen LogP) is 4.48. The van der Waals surface area contributed by atoms with Gasteiger partial charge in [-0.2, -0.15) is 0 Å². The molecule has 0 spiro atoms. The van der Waals surface area contributed by atoms with Crippen LogP contribution in [0.2, 0.25) is 5.02 Å². The van der Waals surface area contributed by atoms with E-state index in [1.165, 1.54) is 19.3 Å². The maximum atomic E-state index is 11.9. The van der Waals surface area contributed by atoms with Gasteiger partial charge in [0.15, 0.2) is 5.78 Å². The maximum Gasteiger partial charge on any atom is 0.164 e. The van der Waals surface area contributed by atoms with E-state index in [9.17, 15) is 4.79 Å². The number of hydrogen-bond acceptors (Lipinski definition) is 1. The second kappa shape index (κ2) is 4.67. The van der Waals surface area contributed by atoms with Crippen molar-refractivity contribution in [1.29, 1.82) is 0 Å². The molecule has 0 bridgehead atoms. The summed E-state index contributed by atoms with van der Waals surface area (Å²) in [6.07, 6.45) is 4.30. The van der Waals surface area contributed by atoms with Gasteiger partial charge in [-0.1, -0.05) is 46.8 Å². The van der Waals surface area contributed by atoms with Gasteiger partial charge in [0.05, 0.1) is 5.02 Å². The Labute approximate surface area is 103 Å². The number of Topliss-reactive ketones (excluding diaryl/α,β-unsaturated/α-hetero) is 1. The van der Waals surface area contributed by atoms with Crippen molar-refractivity contribution >= 4 is 33.3 Å². The van der Waals surface area contributed by atoms with Crippen LogP contribution in [0.5, 0.6) is 0 Å². The molecule has 0 heterocycles. The highest BCUT2D eigenvalue weighted by molar-refractivity contribution is 9.10. The van der Waals surface area contributed by atoms with E-state index in [0.29, 0.717) is 22.9 Å². The van der Waals surface area contributed by atoms with Crippen LogP contribution < -0.4 is 0 Å².